The molecule has 1 aliphatic carbocycles. The Balaban J connectivity index is 2.26. The largest absolute Gasteiger partial charge is 0.349 e. The molecular weight excluding hydrogens is 261 g/mol. The summed E-state index contributed by atoms with van der Waals surface area (Å²) in [5.74, 6) is -0.802. The third-order valence-corrected chi connectivity index (χ3v) is 3.41. The molecule has 2 nitrogen and oxygen atoms in total. The number of benzene rings is 1. The number of carbonyl (C=O) groups excluding carboxylic acids is 1. The van der Waals surface area contributed by atoms with Gasteiger partial charge < -0.3 is 5.32 Å². The number of aryl methyl sites for hydroxylation is 1. The number of hydrogen-bond acceptors (Lipinski definition) is 1. The van der Waals surface area contributed by atoms with Crippen LogP contribution >= 0.6 is 15.9 Å². The van der Waals surface area contributed by atoms with E-state index in [0.29, 0.717) is 4.47 Å². The van der Waals surface area contributed by atoms with Crippen LogP contribution in [0.4, 0.5) is 4.39 Å². The minimum absolute atomic E-state index is 0.111. The molecule has 0 unspecified atom stereocenters. The first-order valence-electron chi connectivity index (χ1n) is 4.85. The van der Waals surface area contributed by atoms with E-state index in [0.717, 1.165) is 18.4 Å². The van der Waals surface area contributed by atoms with Crippen molar-refractivity contribution < 1.29 is 9.18 Å². The van der Waals surface area contributed by atoms with E-state index in [4.69, 9.17) is 0 Å². The summed E-state index contributed by atoms with van der Waals surface area (Å²) in [6.07, 6.45) is 2.00. The summed E-state index contributed by atoms with van der Waals surface area (Å²) in [6, 6.07) is 3.50. The molecule has 1 aliphatic rings. The average molecular weight is 272 g/mol. The highest BCUT2D eigenvalue weighted by molar-refractivity contribution is 9.10. The molecule has 4 heteroatoms. The molecule has 1 aromatic carbocycles. The molecule has 0 aliphatic heterocycles. The fourth-order valence-corrected chi connectivity index (χ4v) is 1.66. The van der Waals surface area contributed by atoms with Crippen LogP contribution in [0, 0.1) is 12.7 Å². The molecule has 1 N–H and O–H groups in total. The lowest BCUT2D eigenvalue weighted by atomic mass is 10.1. The summed E-state index contributed by atoms with van der Waals surface area (Å²) in [5.41, 5.74) is 0.898. The van der Waals surface area contributed by atoms with Gasteiger partial charge in [0.1, 0.15) is 5.82 Å². The van der Waals surface area contributed by atoms with Gasteiger partial charge >= 0.3 is 0 Å². The maximum Gasteiger partial charge on any atom is 0.254 e. The second-order valence-corrected chi connectivity index (χ2v) is 4.60. The highest BCUT2D eigenvalue weighted by Gasteiger charge is 2.25. The second kappa shape index (κ2) is 3.93. The number of hydrogen-bond donors (Lipinski definition) is 1. The molecule has 0 radical (unpaired) electrons. The van der Waals surface area contributed by atoms with Crippen molar-refractivity contribution in [2.45, 2.75) is 25.8 Å². The van der Waals surface area contributed by atoms with Gasteiger partial charge in [-0.05, 0) is 47.3 Å². The molecule has 0 heterocycles. The zero-order valence-electron chi connectivity index (χ0n) is 8.31. The average Bonchev–Trinajstić information content (AvgIpc) is 2.98. The van der Waals surface area contributed by atoms with Crippen molar-refractivity contribution in [2.24, 2.45) is 0 Å². The van der Waals surface area contributed by atoms with Crippen molar-refractivity contribution in [3.05, 3.63) is 33.5 Å². The Kier molecular flexibility index (Phi) is 2.78. The van der Waals surface area contributed by atoms with Crippen LogP contribution in [0.1, 0.15) is 28.8 Å². The van der Waals surface area contributed by atoms with Crippen LogP contribution in [0.15, 0.2) is 16.6 Å². The lowest BCUT2D eigenvalue weighted by molar-refractivity contribution is 0.0947. The third-order valence-electron chi connectivity index (χ3n) is 2.43. The van der Waals surface area contributed by atoms with Crippen molar-refractivity contribution in [1.82, 2.24) is 5.32 Å². The van der Waals surface area contributed by atoms with Crippen LogP contribution in [-0.2, 0) is 0 Å². The summed E-state index contributed by atoms with van der Waals surface area (Å²) in [7, 11) is 0. The van der Waals surface area contributed by atoms with Gasteiger partial charge in [-0.15, -0.1) is 0 Å². The normalized spacial score (nSPS) is 15.1. The maximum atomic E-state index is 13.7. The van der Waals surface area contributed by atoms with E-state index in [1.54, 1.807) is 13.0 Å². The highest BCUT2D eigenvalue weighted by atomic mass is 79.9. The molecular formula is C11H11BrFNO. The number of nitrogens with one attached hydrogen (secondary N) is 1. The molecule has 1 fully saturated rings. The predicted molar refractivity (Wildman–Crippen MR) is 59.3 cm³/mol. The molecule has 0 spiro atoms. The fourth-order valence-electron chi connectivity index (χ4n) is 1.31. The SMILES string of the molecule is Cc1ccc(C(=O)NC2CC2)c(F)c1Br. The minimum Gasteiger partial charge on any atom is -0.349 e. The van der Waals surface area contributed by atoms with E-state index in [1.165, 1.54) is 6.07 Å². The maximum absolute atomic E-state index is 13.7. The monoisotopic (exact) mass is 271 g/mol. The van der Waals surface area contributed by atoms with Crippen LogP contribution in [0.25, 0.3) is 0 Å². The van der Waals surface area contributed by atoms with Crippen LogP contribution in [0.5, 0.6) is 0 Å². The van der Waals surface area contributed by atoms with E-state index >= 15 is 0 Å². The van der Waals surface area contributed by atoms with Crippen molar-refractivity contribution >= 4 is 21.8 Å². The Morgan fingerprint density at radius 3 is 2.80 bits per heavy atom. The molecule has 1 saturated carbocycles. The Morgan fingerprint density at radius 2 is 2.20 bits per heavy atom. The zero-order chi connectivity index (χ0) is 11.0. The first-order valence-corrected chi connectivity index (χ1v) is 5.64. The van der Waals surface area contributed by atoms with Gasteiger partial charge in [-0.3, -0.25) is 4.79 Å². The zero-order valence-corrected chi connectivity index (χ0v) is 9.90. The van der Waals surface area contributed by atoms with Crippen molar-refractivity contribution in [3.63, 3.8) is 0 Å². The Labute approximate surface area is 96.0 Å². The first-order chi connectivity index (χ1) is 7.09. The van der Waals surface area contributed by atoms with E-state index < -0.39 is 5.82 Å². The molecule has 0 aromatic heterocycles. The van der Waals surface area contributed by atoms with Gasteiger partial charge in [0.05, 0.1) is 10.0 Å². The standard InChI is InChI=1S/C11H11BrFNO/c1-6-2-5-8(10(13)9(6)12)11(15)14-7-3-4-7/h2,5,7H,3-4H2,1H3,(H,14,15). The van der Waals surface area contributed by atoms with Gasteiger partial charge in [0, 0.05) is 6.04 Å². The van der Waals surface area contributed by atoms with Crippen LogP contribution in [0.3, 0.4) is 0 Å². The summed E-state index contributed by atoms with van der Waals surface area (Å²) in [5, 5.41) is 2.76. The lowest BCUT2D eigenvalue weighted by Gasteiger charge is -2.07. The van der Waals surface area contributed by atoms with E-state index in [1.807, 2.05) is 0 Å². The lowest BCUT2D eigenvalue weighted by Crippen LogP contribution is -2.26. The number of rotatable bonds is 2. The summed E-state index contributed by atoms with van der Waals surface area (Å²) >= 11 is 3.13. The summed E-state index contributed by atoms with van der Waals surface area (Å²) in [6.45, 7) is 1.79. The Morgan fingerprint density at radius 1 is 1.53 bits per heavy atom. The number of halogens is 2. The van der Waals surface area contributed by atoms with Crippen molar-refractivity contribution in [3.8, 4) is 0 Å². The third kappa shape index (κ3) is 2.20. The van der Waals surface area contributed by atoms with Crippen LogP contribution in [0.2, 0.25) is 0 Å². The molecule has 0 bridgehead atoms. The van der Waals surface area contributed by atoms with E-state index in [2.05, 4.69) is 21.2 Å². The minimum atomic E-state index is -0.479. The molecule has 15 heavy (non-hydrogen) atoms. The molecule has 2 rings (SSSR count). The molecule has 0 saturated heterocycles. The Bertz CT molecular complexity index is 415. The molecule has 1 amide bonds. The molecule has 0 atom stereocenters. The van der Waals surface area contributed by atoms with Gasteiger partial charge in [-0.25, -0.2) is 4.39 Å². The predicted octanol–water partition coefficient (Wildman–Crippen LogP) is 2.79. The highest BCUT2D eigenvalue weighted by Crippen LogP contribution is 2.24. The first kappa shape index (κ1) is 10.6. The summed E-state index contributed by atoms with van der Waals surface area (Å²) in [4.78, 5) is 11.6. The van der Waals surface area contributed by atoms with E-state index in [-0.39, 0.29) is 17.5 Å². The molecule has 1 aromatic rings. The van der Waals surface area contributed by atoms with Gasteiger partial charge in [-0.1, -0.05) is 6.07 Å². The smallest absolute Gasteiger partial charge is 0.254 e. The second-order valence-electron chi connectivity index (χ2n) is 3.81. The topological polar surface area (TPSA) is 29.1 Å². The van der Waals surface area contributed by atoms with Crippen molar-refractivity contribution in [2.75, 3.05) is 0 Å². The number of carbonyl (C=O) groups is 1. The summed E-state index contributed by atoms with van der Waals surface area (Å²) < 4.78 is 14.0. The Hall–Kier alpha value is -0.900. The number of amides is 1. The fraction of sp³-hybridized carbons (Fsp3) is 0.364. The van der Waals surface area contributed by atoms with Gasteiger partial charge in [-0.2, -0.15) is 0 Å². The van der Waals surface area contributed by atoms with Gasteiger partial charge in [0.25, 0.3) is 5.91 Å². The van der Waals surface area contributed by atoms with Crippen molar-refractivity contribution in [1.29, 1.82) is 0 Å². The van der Waals surface area contributed by atoms with E-state index in [9.17, 15) is 9.18 Å². The van der Waals surface area contributed by atoms with Gasteiger partial charge in [0.2, 0.25) is 0 Å². The molecule has 80 valence electrons. The van der Waals surface area contributed by atoms with Gasteiger partial charge in [0.15, 0.2) is 0 Å². The van der Waals surface area contributed by atoms with Crippen LogP contribution in [-0.4, -0.2) is 11.9 Å². The quantitative estimate of drug-likeness (QED) is 0.881. The van der Waals surface area contributed by atoms with Crippen LogP contribution < -0.4 is 5.32 Å².